The van der Waals surface area contributed by atoms with Crippen LogP contribution in [0.3, 0.4) is 0 Å². The molecule has 24 heavy (non-hydrogen) atoms. The van der Waals surface area contributed by atoms with E-state index in [1.165, 1.54) is 24.0 Å². The molecule has 10 heteroatoms. The lowest BCUT2D eigenvalue weighted by atomic mass is 10.2. The van der Waals surface area contributed by atoms with E-state index in [2.05, 4.69) is 19.9 Å². The molecule has 0 aliphatic carbocycles. The third-order valence-electron chi connectivity index (χ3n) is 3.28. The van der Waals surface area contributed by atoms with Crippen LogP contribution in [-0.2, 0) is 7.05 Å². The average Bonchev–Trinajstić information content (AvgIpc) is 3.15. The summed E-state index contributed by atoms with van der Waals surface area (Å²) in [6.45, 7) is 0. The van der Waals surface area contributed by atoms with Crippen LogP contribution in [0, 0.1) is 10.1 Å². The highest BCUT2D eigenvalue weighted by Crippen LogP contribution is 2.28. The molecule has 0 radical (unpaired) electrons. The van der Waals surface area contributed by atoms with Gasteiger partial charge in [-0.3, -0.25) is 0 Å². The number of imidazole rings is 2. The summed E-state index contributed by atoms with van der Waals surface area (Å²) in [6.07, 6.45) is 4.42. The molecule has 3 rings (SSSR count). The van der Waals surface area contributed by atoms with Gasteiger partial charge in [0, 0.05) is 5.56 Å². The molecular formula is C14H10Cl2N6O2. The number of halogens is 2. The van der Waals surface area contributed by atoms with Crippen LogP contribution in [0.15, 0.2) is 35.6 Å². The number of hydrogen-bond acceptors (Lipinski definition) is 5. The van der Waals surface area contributed by atoms with Gasteiger partial charge in [0.2, 0.25) is 5.95 Å². The Labute approximate surface area is 145 Å². The Morgan fingerprint density at radius 2 is 2.08 bits per heavy atom. The zero-order chi connectivity index (χ0) is 17.3. The topological polar surface area (TPSA) is 102 Å². The molecule has 122 valence electrons. The molecule has 1 N–H and O–H groups in total. The first-order chi connectivity index (χ1) is 11.5. The quantitative estimate of drug-likeness (QED) is 0.432. The van der Waals surface area contributed by atoms with Crippen molar-refractivity contribution >= 4 is 41.3 Å². The molecule has 0 atom stereocenters. The standard InChI is InChI=1S/C14H10Cl2N6O2/c1-21-9(6-19-14(21)22(23)24)5-17-13-18-7-12(20-13)8-2-3-10(15)11(16)4-8/h2-7H,1H3,(H,18,20). The molecule has 0 saturated carbocycles. The second-order valence-electron chi connectivity index (χ2n) is 4.81. The summed E-state index contributed by atoms with van der Waals surface area (Å²) in [5, 5.41) is 11.7. The van der Waals surface area contributed by atoms with E-state index in [1.807, 2.05) is 0 Å². The molecule has 0 spiro atoms. The predicted octanol–water partition coefficient (Wildman–Crippen LogP) is 3.78. The zero-order valence-corrected chi connectivity index (χ0v) is 13.8. The average molecular weight is 365 g/mol. The highest BCUT2D eigenvalue weighted by Gasteiger charge is 2.15. The molecule has 0 aliphatic rings. The number of nitrogens with zero attached hydrogens (tertiary/aromatic N) is 5. The highest BCUT2D eigenvalue weighted by molar-refractivity contribution is 6.42. The summed E-state index contributed by atoms with van der Waals surface area (Å²) < 4.78 is 1.33. The van der Waals surface area contributed by atoms with E-state index < -0.39 is 4.92 Å². The molecule has 3 aromatic rings. The second kappa shape index (κ2) is 6.42. The Morgan fingerprint density at radius 3 is 2.75 bits per heavy atom. The molecule has 8 nitrogen and oxygen atoms in total. The van der Waals surface area contributed by atoms with Gasteiger partial charge in [0.1, 0.15) is 6.20 Å². The number of nitro groups is 1. The van der Waals surface area contributed by atoms with Crippen LogP contribution >= 0.6 is 23.2 Å². The first-order valence-electron chi connectivity index (χ1n) is 6.66. The van der Waals surface area contributed by atoms with Crippen molar-refractivity contribution in [1.82, 2.24) is 19.5 Å². The second-order valence-corrected chi connectivity index (χ2v) is 5.62. The van der Waals surface area contributed by atoms with Gasteiger partial charge < -0.3 is 15.1 Å². The van der Waals surface area contributed by atoms with Crippen molar-refractivity contribution < 1.29 is 4.92 Å². The van der Waals surface area contributed by atoms with Crippen LogP contribution in [-0.4, -0.2) is 30.7 Å². The first kappa shape index (κ1) is 16.2. The third kappa shape index (κ3) is 3.15. The number of aromatic amines is 1. The maximum absolute atomic E-state index is 10.8. The van der Waals surface area contributed by atoms with Crippen molar-refractivity contribution in [2.24, 2.45) is 12.0 Å². The van der Waals surface area contributed by atoms with Crippen molar-refractivity contribution in [3.8, 4) is 11.3 Å². The van der Waals surface area contributed by atoms with E-state index in [-0.39, 0.29) is 5.95 Å². The van der Waals surface area contributed by atoms with Crippen LogP contribution in [0.25, 0.3) is 11.3 Å². The van der Waals surface area contributed by atoms with Crippen LogP contribution in [0.1, 0.15) is 5.69 Å². The van der Waals surface area contributed by atoms with Gasteiger partial charge in [0.15, 0.2) is 5.69 Å². The summed E-state index contributed by atoms with van der Waals surface area (Å²) >= 11 is 11.9. The number of aromatic nitrogens is 4. The van der Waals surface area contributed by atoms with E-state index in [1.54, 1.807) is 24.4 Å². The van der Waals surface area contributed by atoms with E-state index in [0.717, 1.165) is 11.3 Å². The van der Waals surface area contributed by atoms with Gasteiger partial charge in [-0.05, 0) is 17.1 Å². The van der Waals surface area contributed by atoms with Crippen molar-refractivity contribution in [3.05, 3.63) is 56.4 Å². The smallest absolute Gasteiger partial charge is 0.390 e. The van der Waals surface area contributed by atoms with Crippen LogP contribution in [0.5, 0.6) is 0 Å². The molecule has 0 amide bonds. The summed E-state index contributed by atoms with van der Waals surface area (Å²) in [5.74, 6) is 0.0901. The Hall–Kier alpha value is -2.71. The van der Waals surface area contributed by atoms with Crippen molar-refractivity contribution in [2.75, 3.05) is 0 Å². The van der Waals surface area contributed by atoms with Crippen molar-refractivity contribution in [3.63, 3.8) is 0 Å². The van der Waals surface area contributed by atoms with Gasteiger partial charge in [-0.15, -0.1) is 0 Å². The fraction of sp³-hybridized carbons (Fsp3) is 0.0714. The molecule has 0 bridgehead atoms. The number of hydrogen-bond donors (Lipinski definition) is 1. The number of nitrogens with one attached hydrogen (secondary N) is 1. The number of benzene rings is 1. The minimum atomic E-state index is -0.563. The predicted molar refractivity (Wildman–Crippen MR) is 91.2 cm³/mol. The Bertz CT molecular complexity index is 947. The number of H-pyrrole nitrogens is 1. The van der Waals surface area contributed by atoms with Gasteiger partial charge in [-0.1, -0.05) is 34.3 Å². The molecule has 0 unspecified atom stereocenters. The van der Waals surface area contributed by atoms with Crippen molar-refractivity contribution in [2.45, 2.75) is 0 Å². The minimum Gasteiger partial charge on any atom is -0.390 e. The molecule has 0 saturated heterocycles. The normalized spacial score (nSPS) is 11.3. The lowest BCUT2D eigenvalue weighted by Gasteiger charge is -1.99. The lowest BCUT2D eigenvalue weighted by Crippen LogP contribution is -2.01. The van der Waals surface area contributed by atoms with E-state index in [0.29, 0.717) is 21.7 Å². The van der Waals surface area contributed by atoms with E-state index in [4.69, 9.17) is 23.2 Å². The summed E-state index contributed by atoms with van der Waals surface area (Å²) in [6, 6.07) is 5.22. The van der Waals surface area contributed by atoms with Gasteiger partial charge in [0.05, 0.1) is 35.2 Å². The minimum absolute atomic E-state index is 0.257. The Balaban J connectivity index is 1.83. The van der Waals surface area contributed by atoms with Crippen LogP contribution in [0.4, 0.5) is 11.9 Å². The highest BCUT2D eigenvalue weighted by atomic mass is 35.5. The summed E-state index contributed by atoms with van der Waals surface area (Å²) in [5.41, 5.74) is 2.01. The number of rotatable bonds is 4. The maximum Gasteiger partial charge on any atom is 0.434 e. The Morgan fingerprint density at radius 1 is 1.29 bits per heavy atom. The van der Waals surface area contributed by atoms with Crippen molar-refractivity contribution in [1.29, 1.82) is 0 Å². The maximum atomic E-state index is 10.8. The van der Waals surface area contributed by atoms with E-state index >= 15 is 0 Å². The molecule has 0 fully saturated rings. The van der Waals surface area contributed by atoms with Gasteiger partial charge >= 0.3 is 5.95 Å². The molecule has 2 heterocycles. The largest absolute Gasteiger partial charge is 0.434 e. The zero-order valence-electron chi connectivity index (χ0n) is 12.3. The fourth-order valence-electron chi connectivity index (χ4n) is 2.02. The van der Waals surface area contributed by atoms with E-state index in [9.17, 15) is 10.1 Å². The molecule has 0 aliphatic heterocycles. The van der Waals surface area contributed by atoms with Crippen LogP contribution in [0.2, 0.25) is 10.0 Å². The monoisotopic (exact) mass is 364 g/mol. The lowest BCUT2D eigenvalue weighted by molar-refractivity contribution is -0.396. The summed E-state index contributed by atoms with van der Waals surface area (Å²) in [4.78, 5) is 25.2. The summed E-state index contributed by atoms with van der Waals surface area (Å²) in [7, 11) is 1.54. The fourth-order valence-corrected chi connectivity index (χ4v) is 2.31. The molecular weight excluding hydrogens is 355 g/mol. The Kier molecular flexibility index (Phi) is 4.32. The first-order valence-corrected chi connectivity index (χ1v) is 7.42. The SMILES string of the molecule is Cn1c(C=Nc2ncc(-c3ccc(Cl)c(Cl)c3)[nH]2)cnc1[N+](=O)[O-]. The van der Waals surface area contributed by atoms with Gasteiger partial charge in [0.25, 0.3) is 0 Å². The van der Waals surface area contributed by atoms with Gasteiger partial charge in [-0.25, -0.2) is 14.5 Å². The third-order valence-corrected chi connectivity index (χ3v) is 4.01. The number of aliphatic imine (C=N–C) groups is 1. The van der Waals surface area contributed by atoms with Crippen LogP contribution < -0.4 is 0 Å². The van der Waals surface area contributed by atoms with Gasteiger partial charge in [-0.2, -0.15) is 0 Å². The molecule has 1 aromatic carbocycles. The molecule has 2 aromatic heterocycles.